The second-order valence-electron chi connectivity index (χ2n) is 4.19. The molecule has 0 spiro atoms. The molecule has 0 unspecified atom stereocenters. The van der Waals surface area contributed by atoms with Gasteiger partial charge in [-0.15, -0.1) is 0 Å². The molecule has 1 N–H and O–H groups in total. The fourth-order valence-electron chi connectivity index (χ4n) is 1.66. The molecule has 1 aromatic carbocycles. The van der Waals surface area contributed by atoms with E-state index in [1.54, 1.807) is 25.1 Å². The van der Waals surface area contributed by atoms with Gasteiger partial charge in [-0.2, -0.15) is 0 Å². The van der Waals surface area contributed by atoms with Crippen molar-refractivity contribution >= 4 is 41.3 Å². The van der Waals surface area contributed by atoms with Crippen LogP contribution in [0, 0.1) is 6.92 Å². The number of aromatic nitrogens is 1. The molecule has 0 atom stereocenters. The molecule has 0 amide bonds. The van der Waals surface area contributed by atoms with Crippen LogP contribution >= 0.6 is 23.2 Å². The van der Waals surface area contributed by atoms with Crippen LogP contribution in [0.5, 0.6) is 5.75 Å². The van der Waals surface area contributed by atoms with Crippen LogP contribution in [-0.4, -0.2) is 23.3 Å². The third kappa shape index (κ3) is 3.20. The number of benzene rings is 1. The number of phenols is 1. The summed E-state index contributed by atoms with van der Waals surface area (Å²) in [5, 5.41) is 13.5. The van der Waals surface area contributed by atoms with Gasteiger partial charge in [-0.25, -0.2) is 4.79 Å². The maximum Gasteiger partial charge on any atom is 0.339 e. The lowest BCUT2D eigenvalue weighted by molar-refractivity contribution is 0.0600. The maximum atomic E-state index is 11.6. The van der Waals surface area contributed by atoms with E-state index < -0.39 is 5.97 Å². The van der Waals surface area contributed by atoms with E-state index in [1.165, 1.54) is 13.2 Å². The molecular formula is C14H11Cl2NO4. The summed E-state index contributed by atoms with van der Waals surface area (Å²) in [6, 6.07) is 3.15. The maximum absolute atomic E-state index is 11.6. The molecule has 110 valence electrons. The van der Waals surface area contributed by atoms with Gasteiger partial charge in [0, 0.05) is 6.07 Å². The Hall–Kier alpha value is -1.98. The second kappa shape index (κ2) is 6.20. The summed E-state index contributed by atoms with van der Waals surface area (Å²) in [6.45, 7) is 1.79. The number of hydrogen-bond donors (Lipinski definition) is 1. The van der Waals surface area contributed by atoms with Crippen LogP contribution < -0.4 is 0 Å². The van der Waals surface area contributed by atoms with Gasteiger partial charge in [-0.1, -0.05) is 28.4 Å². The van der Waals surface area contributed by atoms with Crippen LogP contribution in [0.25, 0.3) is 12.2 Å². The third-order valence-corrected chi connectivity index (χ3v) is 3.46. The summed E-state index contributed by atoms with van der Waals surface area (Å²) in [6.07, 6.45) is 3.18. The van der Waals surface area contributed by atoms with E-state index in [0.717, 1.165) is 5.69 Å². The predicted octanol–water partition coefficient (Wildman–Crippen LogP) is 3.95. The molecule has 0 saturated heterocycles. The molecule has 1 heterocycles. The second-order valence-corrected chi connectivity index (χ2v) is 4.94. The molecule has 0 fully saturated rings. The van der Waals surface area contributed by atoms with E-state index in [9.17, 15) is 9.90 Å². The smallest absolute Gasteiger partial charge is 0.339 e. The Bertz CT molecular complexity index is 722. The van der Waals surface area contributed by atoms with Crippen molar-refractivity contribution in [3.8, 4) is 5.75 Å². The Morgan fingerprint density at radius 3 is 2.62 bits per heavy atom. The Morgan fingerprint density at radius 2 is 2.05 bits per heavy atom. The number of ether oxygens (including phenoxy) is 1. The van der Waals surface area contributed by atoms with Gasteiger partial charge in [0.15, 0.2) is 11.5 Å². The number of carbonyl (C=O) groups excluding carboxylic acids is 1. The number of esters is 1. The van der Waals surface area contributed by atoms with Crippen molar-refractivity contribution in [3.05, 3.63) is 44.8 Å². The van der Waals surface area contributed by atoms with E-state index in [1.807, 2.05) is 0 Å². The molecule has 0 saturated carbocycles. The number of phenolic OH excluding ortho intramolecular Hbond substituents is 1. The van der Waals surface area contributed by atoms with E-state index in [4.69, 9.17) is 27.7 Å². The van der Waals surface area contributed by atoms with Crippen molar-refractivity contribution < 1.29 is 19.2 Å². The number of aromatic hydroxyl groups is 1. The van der Waals surface area contributed by atoms with Crippen LogP contribution in [0.15, 0.2) is 16.7 Å². The number of aryl methyl sites for hydroxylation is 1. The first-order chi connectivity index (χ1) is 9.93. The van der Waals surface area contributed by atoms with Gasteiger partial charge in [-0.3, -0.25) is 0 Å². The summed E-state index contributed by atoms with van der Waals surface area (Å²) in [4.78, 5) is 11.6. The quantitative estimate of drug-likeness (QED) is 0.864. The van der Waals surface area contributed by atoms with E-state index >= 15 is 0 Å². The molecule has 7 heteroatoms. The highest BCUT2D eigenvalue weighted by Gasteiger charge is 2.19. The zero-order valence-corrected chi connectivity index (χ0v) is 12.7. The standard InChI is InChI=1S/C14H11Cl2NO4/c1-7-5-9(21-17-7)4-3-8-6-10(14(19)20-2)12(16)13(18)11(8)15/h3-6,18H,1-2H3/b4-3+. The number of halogens is 2. The topological polar surface area (TPSA) is 72.6 Å². The molecule has 2 rings (SSSR count). The van der Waals surface area contributed by atoms with Gasteiger partial charge in [0.05, 0.1) is 28.4 Å². The molecule has 21 heavy (non-hydrogen) atoms. The predicted molar refractivity (Wildman–Crippen MR) is 79.6 cm³/mol. The van der Waals surface area contributed by atoms with Crippen LogP contribution in [0.2, 0.25) is 10.0 Å². The summed E-state index contributed by atoms with van der Waals surface area (Å²) in [7, 11) is 1.22. The Labute approximate surface area is 130 Å². The lowest BCUT2D eigenvalue weighted by Crippen LogP contribution is -2.03. The van der Waals surface area contributed by atoms with Crippen molar-refractivity contribution in [2.45, 2.75) is 6.92 Å². The van der Waals surface area contributed by atoms with Gasteiger partial charge in [0.2, 0.25) is 0 Å². The van der Waals surface area contributed by atoms with E-state index in [0.29, 0.717) is 11.3 Å². The first-order valence-electron chi connectivity index (χ1n) is 5.84. The zero-order chi connectivity index (χ0) is 15.6. The van der Waals surface area contributed by atoms with Crippen LogP contribution in [0.1, 0.15) is 27.4 Å². The van der Waals surface area contributed by atoms with Crippen molar-refractivity contribution in [3.63, 3.8) is 0 Å². The molecule has 0 bridgehead atoms. The number of methoxy groups -OCH3 is 1. The highest BCUT2D eigenvalue weighted by atomic mass is 35.5. The summed E-state index contributed by atoms with van der Waals surface area (Å²) < 4.78 is 9.62. The summed E-state index contributed by atoms with van der Waals surface area (Å²) >= 11 is 11.9. The fraction of sp³-hybridized carbons (Fsp3) is 0.143. The van der Waals surface area contributed by atoms with Crippen molar-refractivity contribution in [2.24, 2.45) is 0 Å². The fourth-order valence-corrected chi connectivity index (χ4v) is 2.14. The first-order valence-corrected chi connectivity index (χ1v) is 6.60. The van der Waals surface area contributed by atoms with Gasteiger partial charge in [-0.05, 0) is 30.7 Å². The normalized spacial score (nSPS) is 11.0. The minimum Gasteiger partial charge on any atom is -0.505 e. The summed E-state index contributed by atoms with van der Waals surface area (Å²) in [5.41, 5.74) is 1.15. The zero-order valence-electron chi connectivity index (χ0n) is 11.2. The van der Waals surface area contributed by atoms with Gasteiger partial charge >= 0.3 is 5.97 Å². The Kier molecular flexibility index (Phi) is 4.55. The highest BCUT2D eigenvalue weighted by molar-refractivity contribution is 6.39. The number of rotatable bonds is 3. The molecule has 5 nitrogen and oxygen atoms in total. The van der Waals surface area contributed by atoms with E-state index in [2.05, 4.69) is 9.89 Å². The van der Waals surface area contributed by atoms with Crippen LogP contribution in [0.3, 0.4) is 0 Å². The number of nitrogens with zero attached hydrogens (tertiary/aromatic N) is 1. The van der Waals surface area contributed by atoms with Gasteiger partial charge < -0.3 is 14.4 Å². The van der Waals surface area contributed by atoms with Crippen molar-refractivity contribution in [1.29, 1.82) is 0 Å². The SMILES string of the molecule is COC(=O)c1cc(/C=C/c2cc(C)no2)c(Cl)c(O)c1Cl. The molecule has 0 aliphatic rings. The van der Waals surface area contributed by atoms with Crippen LogP contribution in [0.4, 0.5) is 0 Å². The lowest BCUT2D eigenvalue weighted by Gasteiger charge is -2.08. The molecule has 1 aromatic heterocycles. The Morgan fingerprint density at radius 1 is 1.33 bits per heavy atom. The minimum atomic E-state index is -0.669. The third-order valence-electron chi connectivity index (χ3n) is 2.68. The van der Waals surface area contributed by atoms with Crippen molar-refractivity contribution in [2.75, 3.05) is 7.11 Å². The Balaban J connectivity index is 2.46. The largest absolute Gasteiger partial charge is 0.505 e. The van der Waals surface area contributed by atoms with Gasteiger partial charge in [0.25, 0.3) is 0 Å². The minimum absolute atomic E-state index is 0.0227. The lowest BCUT2D eigenvalue weighted by atomic mass is 10.1. The monoisotopic (exact) mass is 327 g/mol. The van der Waals surface area contributed by atoms with Crippen molar-refractivity contribution in [1.82, 2.24) is 5.16 Å². The van der Waals surface area contributed by atoms with Crippen LogP contribution in [-0.2, 0) is 4.74 Å². The van der Waals surface area contributed by atoms with E-state index in [-0.39, 0.29) is 21.4 Å². The first kappa shape index (κ1) is 15.4. The average Bonchev–Trinajstić information content (AvgIpc) is 2.89. The molecule has 0 aliphatic heterocycles. The molecule has 0 aliphatic carbocycles. The molecule has 0 radical (unpaired) electrons. The molecular weight excluding hydrogens is 317 g/mol. The summed E-state index contributed by atoms with van der Waals surface area (Å²) in [5.74, 6) is -0.538. The number of hydrogen-bond acceptors (Lipinski definition) is 5. The highest BCUT2D eigenvalue weighted by Crippen LogP contribution is 2.38. The number of carbonyl (C=O) groups is 1. The average molecular weight is 328 g/mol. The molecule has 2 aromatic rings. The van der Waals surface area contributed by atoms with Gasteiger partial charge in [0.1, 0.15) is 0 Å².